The summed E-state index contributed by atoms with van der Waals surface area (Å²) in [5, 5.41) is 11.9. The third kappa shape index (κ3) is 2.93. The summed E-state index contributed by atoms with van der Waals surface area (Å²) in [6.45, 7) is 3.60. The van der Waals surface area contributed by atoms with Crippen molar-refractivity contribution in [3.8, 4) is 0 Å². The van der Waals surface area contributed by atoms with Gasteiger partial charge in [-0.3, -0.25) is 4.79 Å². The highest BCUT2D eigenvalue weighted by Crippen LogP contribution is 2.26. The number of hydrogen-bond donors (Lipinski definition) is 2. The van der Waals surface area contributed by atoms with Gasteiger partial charge < -0.3 is 20.1 Å². The second kappa shape index (κ2) is 5.56. The molecule has 6 nitrogen and oxygen atoms in total. The molecule has 1 heterocycles. The topological polar surface area (TPSA) is 78.9 Å². The van der Waals surface area contributed by atoms with Crippen molar-refractivity contribution in [3.05, 3.63) is 0 Å². The number of urea groups is 1. The molecule has 1 aliphatic carbocycles. The minimum Gasteiger partial charge on any atom is -0.481 e. The van der Waals surface area contributed by atoms with Crippen molar-refractivity contribution in [3.63, 3.8) is 0 Å². The number of carbonyl (C=O) groups is 2. The summed E-state index contributed by atoms with van der Waals surface area (Å²) in [5.74, 6) is -1.25. The molecule has 1 saturated carbocycles. The summed E-state index contributed by atoms with van der Waals surface area (Å²) in [4.78, 5) is 24.8. The molecule has 2 aliphatic rings. The SMILES string of the molecule is CC1CN(C(=O)NC2CCCC2C(=O)O)CCO1. The first kappa shape index (κ1) is 13.1. The average Bonchev–Trinajstić information content (AvgIpc) is 2.77. The molecular weight excluding hydrogens is 236 g/mol. The van der Waals surface area contributed by atoms with Crippen molar-refractivity contribution >= 4 is 12.0 Å². The summed E-state index contributed by atoms with van der Waals surface area (Å²) < 4.78 is 5.37. The fourth-order valence-electron chi connectivity index (χ4n) is 2.68. The summed E-state index contributed by atoms with van der Waals surface area (Å²) in [5.41, 5.74) is 0. The van der Waals surface area contributed by atoms with Crippen LogP contribution in [0.1, 0.15) is 26.2 Å². The summed E-state index contributed by atoms with van der Waals surface area (Å²) in [6.07, 6.45) is 2.31. The molecular formula is C12H20N2O4. The van der Waals surface area contributed by atoms with Crippen LogP contribution in [0.4, 0.5) is 4.79 Å². The van der Waals surface area contributed by atoms with Crippen LogP contribution >= 0.6 is 0 Å². The van der Waals surface area contributed by atoms with Crippen LogP contribution in [0.15, 0.2) is 0 Å². The lowest BCUT2D eigenvalue weighted by Gasteiger charge is -2.32. The minimum atomic E-state index is -0.812. The number of nitrogens with zero attached hydrogens (tertiary/aromatic N) is 1. The average molecular weight is 256 g/mol. The summed E-state index contributed by atoms with van der Waals surface area (Å²) in [6, 6.07) is -0.392. The molecule has 18 heavy (non-hydrogen) atoms. The highest BCUT2D eigenvalue weighted by atomic mass is 16.5. The van der Waals surface area contributed by atoms with E-state index in [2.05, 4.69) is 5.32 Å². The van der Waals surface area contributed by atoms with E-state index in [4.69, 9.17) is 9.84 Å². The molecule has 1 aliphatic heterocycles. The first-order valence-corrected chi connectivity index (χ1v) is 6.48. The highest BCUT2D eigenvalue weighted by molar-refractivity contribution is 5.77. The van der Waals surface area contributed by atoms with Gasteiger partial charge in [0.25, 0.3) is 0 Å². The van der Waals surface area contributed by atoms with E-state index >= 15 is 0 Å². The Balaban J connectivity index is 1.88. The van der Waals surface area contributed by atoms with Gasteiger partial charge in [0.1, 0.15) is 0 Å². The molecule has 2 rings (SSSR count). The Labute approximate surface area is 106 Å². The van der Waals surface area contributed by atoms with Crippen molar-refractivity contribution in [1.29, 1.82) is 0 Å². The fraction of sp³-hybridized carbons (Fsp3) is 0.833. The molecule has 0 radical (unpaired) electrons. The first-order valence-electron chi connectivity index (χ1n) is 6.48. The van der Waals surface area contributed by atoms with Crippen LogP contribution in [-0.2, 0) is 9.53 Å². The van der Waals surface area contributed by atoms with Gasteiger partial charge >= 0.3 is 12.0 Å². The van der Waals surface area contributed by atoms with Crippen molar-refractivity contribution in [1.82, 2.24) is 10.2 Å². The van der Waals surface area contributed by atoms with E-state index in [-0.39, 0.29) is 18.2 Å². The van der Waals surface area contributed by atoms with Gasteiger partial charge in [-0.2, -0.15) is 0 Å². The number of morpholine rings is 1. The number of hydrogen-bond acceptors (Lipinski definition) is 3. The molecule has 0 aromatic carbocycles. The molecule has 1 saturated heterocycles. The van der Waals surface area contributed by atoms with Gasteiger partial charge in [-0.15, -0.1) is 0 Å². The van der Waals surface area contributed by atoms with E-state index in [1.807, 2.05) is 6.92 Å². The summed E-state index contributed by atoms with van der Waals surface area (Å²) in [7, 11) is 0. The molecule has 0 bridgehead atoms. The Morgan fingerprint density at radius 1 is 1.39 bits per heavy atom. The Morgan fingerprint density at radius 2 is 2.17 bits per heavy atom. The van der Waals surface area contributed by atoms with Crippen LogP contribution in [0.5, 0.6) is 0 Å². The minimum absolute atomic E-state index is 0.0448. The number of carboxylic acid groups (broad SMARTS) is 1. The van der Waals surface area contributed by atoms with Crippen molar-refractivity contribution in [2.75, 3.05) is 19.7 Å². The third-order valence-corrected chi connectivity index (χ3v) is 3.67. The van der Waals surface area contributed by atoms with Crippen LogP contribution < -0.4 is 5.32 Å². The number of carbonyl (C=O) groups excluding carboxylic acids is 1. The van der Waals surface area contributed by atoms with Gasteiger partial charge in [0, 0.05) is 19.1 Å². The molecule has 0 aromatic rings. The summed E-state index contributed by atoms with van der Waals surface area (Å²) >= 11 is 0. The van der Waals surface area contributed by atoms with Crippen LogP contribution in [0.2, 0.25) is 0 Å². The maximum absolute atomic E-state index is 12.0. The van der Waals surface area contributed by atoms with Gasteiger partial charge in [-0.1, -0.05) is 6.42 Å². The maximum atomic E-state index is 12.0. The zero-order valence-electron chi connectivity index (χ0n) is 10.6. The molecule has 2 amide bonds. The molecule has 102 valence electrons. The monoisotopic (exact) mass is 256 g/mol. The van der Waals surface area contributed by atoms with E-state index in [9.17, 15) is 9.59 Å². The van der Waals surface area contributed by atoms with Crippen LogP contribution in [0, 0.1) is 5.92 Å². The number of amides is 2. The van der Waals surface area contributed by atoms with E-state index in [1.54, 1.807) is 4.90 Å². The van der Waals surface area contributed by atoms with Crippen LogP contribution in [0.25, 0.3) is 0 Å². The normalized spacial score (nSPS) is 32.3. The third-order valence-electron chi connectivity index (χ3n) is 3.67. The van der Waals surface area contributed by atoms with Gasteiger partial charge in [0.15, 0.2) is 0 Å². The van der Waals surface area contributed by atoms with E-state index < -0.39 is 11.9 Å². The van der Waals surface area contributed by atoms with Gasteiger partial charge in [-0.05, 0) is 19.8 Å². The number of aliphatic carboxylic acids is 1. The molecule has 3 atom stereocenters. The van der Waals surface area contributed by atoms with Crippen molar-refractivity contribution < 1.29 is 19.4 Å². The lowest BCUT2D eigenvalue weighted by atomic mass is 10.0. The molecule has 2 N–H and O–H groups in total. The molecule has 0 aromatic heterocycles. The quantitative estimate of drug-likeness (QED) is 0.761. The van der Waals surface area contributed by atoms with Gasteiger partial charge in [-0.25, -0.2) is 4.79 Å². The standard InChI is InChI=1S/C12H20N2O4/c1-8-7-14(5-6-18-8)12(17)13-10-4-2-3-9(10)11(15)16/h8-10H,2-7H2,1H3,(H,13,17)(H,15,16). The van der Waals surface area contributed by atoms with Crippen molar-refractivity contribution in [2.45, 2.75) is 38.3 Å². The zero-order chi connectivity index (χ0) is 13.1. The van der Waals surface area contributed by atoms with Crippen LogP contribution in [0.3, 0.4) is 0 Å². The predicted octanol–water partition coefficient (Wildman–Crippen LogP) is 0.670. The Morgan fingerprint density at radius 3 is 2.83 bits per heavy atom. The first-order chi connectivity index (χ1) is 8.58. The largest absolute Gasteiger partial charge is 0.481 e. The Kier molecular flexibility index (Phi) is 4.06. The lowest BCUT2D eigenvalue weighted by molar-refractivity contribution is -0.142. The molecule has 2 fully saturated rings. The second-order valence-electron chi connectivity index (χ2n) is 5.06. The smallest absolute Gasteiger partial charge is 0.317 e. The van der Waals surface area contributed by atoms with E-state index in [0.717, 1.165) is 12.8 Å². The highest BCUT2D eigenvalue weighted by Gasteiger charge is 2.35. The number of ether oxygens (including phenoxy) is 1. The predicted molar refractivity (Wildman–Crippen MR) is 64.3 cm³/mol. The lowest BCUT2D eigenvalue weighted by Crippen LogP contribution is -2.52. The zero-order valence-corrected chi connectivity index (χ0v) is 10.6. The Hall–Kier alpha value is -1.30. The maximum Gasteiger partial charge on any atom is 0.317 e. The second-order valence-corrected chi connectivity index (χ2v) is 5.06. The van der Waals surface area contributed by atoms with Crippen molar-refractivity contribution in [2.24, 2.45) is 5.92 Å². The van der Waals surface area contributed by atoms with Gasteiger partial charge in [0.2, 0.25) is 0 Å². The number of rotatable bonds is 2. The molecule has 0 spiro atoms. The number of nitrogens with one attached hydrogen (secondary N) is 1. The van der Waals surface area contributed by atoms with E-state index in [1.165, 1.54) is 0 Å². The molecule has 6 heteroatoms. The van der Waals surface area contributed by atoms with Gasteiger partial charge in [0.05, 0.1) is 18.6 Å². The fourth-order valence-corrected chi connectivity index (χ4v) is 2.68. The van der Waals surface area contributed by atoms with E-state index in [0.29, 0.717) is 26.1 Å². The number of carboxylic acids is 1. The van der Waals surface area contributed by atoms with Crippen LogP contribution in [-0.4, -0.2) is 53.8 Å². The Bertz CT molecular complexity index is 334. The molecule has 3 unspecified atom stereocenters.